The number of nitrogens with two attached hydrogens (primary N) is 3. The van der Waals surface area contributed by atoms with Crippen LogP contribution in [0.3, 0.4) is 0 Å². The van der Waals surface area contributed by atoms with Crippen LogP contribution in [-0.4, -0.2) is 23.9 Å². The molecule has 0 saturated heterocycles. The van der Waals surface area contributed by atoms with Crippen LogP contribution in [0.25, 0.3) is 0 Å². The van der Waals surface area contributed by atoms with E-state index in [1.807, 2.05) is 24.3 Å². The van der Waals surface area contributed by atoms with Crippen LogP contribution < -0.4 is 17.2 Å². The SMILES string of the molecule is CN(Cc1ccc(CN=C(N)N)cc1)C(=N)N. The van der Waals surface area contributed by atoms with Gasteiger partial charge < -0.3 is 22.1 Å². The van der Waals surface area contributed by atoms with E-state index in [1.54, 1.807) is 11.9 Å². The minimum Gasteiger partial charge on any atom is -0.370 e. The molecule has 0 saturated carbocycles. The van der Waals surface area contributed by atoms with Crippen molar-refractivity contribution in [3.05, 3.63) is 35.4 Å². The third-order valence-corrected chi connectivity index (χ3v) is 2.30. The summed E-state index contributed by atoms with van der Waals surface area (Å²) in [4.78, 5) is 5.58. The second kappa shape index (κ2) is 5.74. The van der Waals surface area contributed by atoms with Crippen molar-refractivity contribution in [1.29, 1.82) is 5.41 Å². The first-order chi connectivity index (χ1) is 7.99. The fraction of sp³-hybridized carbons (Fsp3) is 0.273. The fourth-order valence-corrected chi connectivity index (χ4v) is 1.29. The molecule has 0 fully saturated rings. The number of rotatable bonds is 4. The zero-order chi connectivity index (χ0) is 12.8. The molecule has 0 spiro atoms. The van der Waals surface area contributed by atoms with Crippen LogP contribution in [0.2, 0.25) is 0 Å². The average Bonchev–Trinajstić information content (AvgIpc) is 2.28. The maximum Gasteiger partial charge on any atom is 0.188 e. The topological polar surface area (TPSA) is 118 Å². The van der Waals surface area contributed by atoms with E-state index in [1.165, 1.54) is 0 Å². The maximum absolute atomic E-state index is 7.26. The Balaban J connectivity index is 2.62. The van der Waals surface area contributed by atoms with Crippen LogP contribution in [0, 0.1) is 5.41 Å². The van der Waals surface area contributed by atoms with Gasteiger partial charge in [-0.15, -0.1) is 0 Å². The number of benzene rings is 1. The minimum absolute atomic E-state index is 0.0505. The van der Waals surface area contributed by atoms with Gasteiger partial charge in [-0.25, -0.2) is 4.99 Å². The lowest BCUT2D eigenvalue weighted by Crippen LogP contribution is -2.32. The third-order valence-electron chi connectivity index (χ3n) is 2.30. The Kier molecular flexibility index (Phi) is 4.33. The molecule has 0 aliphatic heterocycles. The molecule has 1 rings (SSSR count). The smallest absolute Gasteiger partial charge is 0.188 e. The number of nitrogens with zero attached hydrogens (tertiary/aromatic N) is 2. The second-order valence-electron chi connectivity index (χ2n) is 3.80. The van der Waals surface area contributed by atoms with Crippen LogP contribution in [0.15, 0.2) is 29.3 Å². The molecule has 0 aliphatic carbocycles. The molecule has 0 aromatic heterocycles. The van der Waals surface area contributed by atoms with Gasteiger partial charge in [-0.3, -0.25) is 5.41 Å². The lowest BCUT2D eigenvalue weighted by molar-refractivity contribution is 0.491. The molecule has 6 heteroatoms. The van der Waals surface area contributed by atoms with Gasteiger partial charge in [0.15, 0.2) is 11.9 Å². The van der Waals surface area contributed by atoms with E-state index in [4.69, 9.17) is 22.6 Å². The summed E-state index contributed by atoms with van der Waals surface area (Å²) in [6, 6.07) is 7.85. The van der Waals surface area contributed by atoms with Crippen molar-refractivity contribution in [2.75, 3.05) is 7.05 Å². The number of hydrogen-bond donors (Lipinski definition) is 4. The van der Waals surface area contributed by atoms with E-state index >= 15 is 0 Å². The van der Waals surface area contributed by atoms with Crippen molar-refractivity contribution in [1.82, 2.24) is 4.90 Å². The van der Waals surface area contributed by atoms with Crippen LogP contribution in [-0.2, 0) is 13.1 Å². The van der Waals surface area contributed by atoms with Gasteiger partial charge in [-0.05, 0) is 11.1 Å². The monoisotopic (exact) mass is 234 g/mol. The molecule has 0 heterocycles. The summed E-state index contributed by atoms with van der Waals surface area (Å²) in [5, 5.41) is 7.26. The molecule has 0 bridgehead atoms. The number of aliphatic imine (C=N–C) groups is 1. The van der Waals surface area contributed by atoms with Gasteiger partial charge in [0.25, 0.3) is 0 Å². The average molecular weight is 234 g/mol. The van der Waals surface area contributed by atoms with Crippen molar-refractivity contribution in [2.24, 2.45) is 22.2 Å². The van der Waals surface area contributed by atoms with Crippen molar-refractivity contribution in [3.8, 4) is 0 Å². The van der Waals surface area contributed by atoms with Crippen LogP contribution in [0.1, 0.15) is 11.1 Å². The lowest BCUT2D eigenvalue weighted by Gasteiger charge is -2.16. The summed E-state index contributed by atoms with van der Waals surface area (Å²) in [5.41, 5.74) is 18.0. The highest BCUT2D eigenvalue weighted by molar-refractivity contribution is 5.75. The molecule has 0 atom stereocenters. The Labute approximate surface area is 101 Å². The van der Waals surface area contributed by atoms with Gasteiger partial charge in [0.2, 0.25) is 0 Å². The number of guanidine groups is 2. The Bertz CT molecular complexity index is 404. The summed E-state index contributed by atoms with van der Waals surface area (Å²) in [7, 11) is 1.77. The van der Waals surface area contributed by atoms with Crippen LogP contribution in [0.5, 0.6) is 0 Å². The molecule has 0 amide bonds. The third kappa shape index (κ3) is 4.42. The quantitative estimate of drug-likeness (QED) is 0.425. The zero-order valence-corrected chi connectivity index (χ0v) is 9.85. The summed E-state index contributed by atoms with van der Waals surface area (Å²) < 4.78 is 0. The van der Waals surface area contributed by atoms with Gasteiger partial charge in [0, 0.05) is 13.6 Å². The predicted octanol–water partition coefficient (Wildman–Crippen LogP) is -0.215. The highest BCUT2D eigenvalue weighted by atomic mass is 15.2. The van der Waals surface area contributed by atoms with E-state index in [0.717, 1.165) is 11.1 Å². The molecular formula is C11H18N6. The standard InChI is InChI=1S/C11H18N6/c1-17(11(14)15)7-9-4-2-8(3-5-9)6-16-10(12)13/h2-5H,6-7H2,1H3,(H3,14,15)(H4,12,13,16). The Morgan fingerprint density at radius 3 is 2.18 bits per heavy atom. The number of hydrogen-bond acceptors (Lipinski definition) is 2. The van der Waals surface area contributed by atoms with Gasteiger partial charge >= 0.3 is 0 Å². The van der Waals surface area contributed by atoms with E-state index in [-0.39, 0.29) is 11.9 Å². The highest BCUT2D eigenvalue weighted by Gasteiger charge is 2.01. The first-order valence-electron chi connectivity index (χ1n) is 5.17. The Morgan fingerprint density at radius 2 is 1.71 bits per heavy atom. The normalized spacial score (nSPS) is 9.71. The highest BCUT2D eigenvalue weighted by Crippen LogP contribution is 2.07. The van der Waals surface area contributed by atoms with Crippen LogP contribution in [0.4, 0.5) is 0 Å². The summed E-state index contributed by atoms with van der Waals surface area (Å²) in [6.07, 6.45) is 0. The molecule has 0 radical (unpaired) electrons. The van der Waals surface area contributed by atoms with E-state index in [2.05, 4.69) is 4.99 Å². The molecule has 0 aliphatic rings. The molecule has 1 aromatic rings. The molecule has 7 N–H and O–H groups in total. The molecule has 6 nitrogen and oxygen atoms in total. The molecule has 92 valence electrons. The first kappa shape index (κ1) is 12.8. The Morgan fingerprint density at radius 1 is 1.18 bits per heavy atom. The van der Waals surface area contributed by atoms with Crippen molar-refractivity contribution < 1.29 is 0 Å². The molecule has 1 aromatic carbocycles. The van der Waals surface area contributed by atoms with Crippen molar-refractivity contribution in [2.45, 2.75) is 13.1 Å². The molecule has 0 unspecified atom stereocenters. The Hall–Kier alpha value is -2.24. The predicted molar refractivity (Wildman–Crippen MR) is 69.3 cm³/mol. The van der Waals surface area contributed by atoms with Gasteiger partial charge in [0.05, 0.1) is 6.54 Å². The van der Waals surface area contributed by atoms with Gasteiger partial charge in [0.1, 0.15) is 0 Å². The van der Waals surface area contributed by atoms with E-state index in [9.17, 15) is 0 Å². The minimum atomic E-state index is 0.0505. The van der Waals surface area contributed by atoms with Gasteiger partial charge in [-0.1, -0.05) is 24.3 Å². The zero-order valence-electron chi connectivity index (χ0n) is 9.85. The molecule has 17 heavy (non-hydrogen) atoms. The molecular weight excluding hydrogens is 216 g/mol. The fourth-order valence-electron chi connectivity index (χ4n) is 1.29. The second-order valence-corrected chi connectivity index (χ2v) is 3.80. The largest absolute Gasteiger partial charge is 0.370 e. The van der Waals surface area contributed by atoms with E-state index < -0.39 is 0 Å². The first-order valence-corrected chi connectivity index (χ1v) is 5.17. The van der Waals surface area contributed by atoms with Gasteiger partial charge in [-0.2, -0.15) is 0 Å². The summed E-state index contributed by atoms with van der Waals surface area (Å²) in [6.45, 7) is 1.09. The maximum atomic E-state index is 7.26. The van der Waals surface area contributed by atoms with Crippen molar-refractivity contribution in [3.63, 3.8) is 0 Å². The van der Waals surface area contributed by atoms with Crippen LogP contribution >= 0.6 is 0 Å². The van der Waals surface area contributed by atoms with E-state index in [0.29, 0.717) is 13.1 Å². The van der Waals surface area contributed by atoms with Crippen molar-refractivity contribution >= 4 is 11.9 Å². The lowest BCUT2D eigenvalue weighted by atomic mass is 10.1. The number of nitrogens with one attached hydrogen (secondary N) is 1. The summed E-state index contributed by atoms with van der Waals surface area (Å²) in [5.74, 6) is 0.139. The summed E-state index contributed by atoms with van der Waals surface area (Å²) >= 11 is 0.